The van der Waals surface area contributed by atoms with Crippen LogP contribution in [0.3, 0.4) is 0 Å². The van der Waals surface area contributed by atoms with E-state index in [2.05, 4.69) is 19.2 Å². The summed E-state index contributed by atoms with van der Waals surface area (Å²) in [5, 5.41) is 3.01. The molecule has 0 unspecified atom stereocenters. The molecule has 56 valence electrons. The summed E-state index contributed by atoms with van der Waals surface area (Å²) in [5.41, 5.74) is 1.05. The smallest absolute Gasteiger partial charge is 0.114 e. The van der Waals surface area contributed by atoms with Crippen LogP contribution in [0.25, 0.3) is 0 Å². The number of rotatable bonds is 2. The minimum atomic E-state index is 0.474. The molecule has 1 N–H and O–H groups in total. The fourth-order valence-corrected chi connectivity index (χ4v) is 0.787. The maximum Gasteiger partial charge on any atom is 0.114 e. The van der Waals surface area contributed by atoms with Gasteiger partial charge in [-0.3, -0.25) is 0 Å². The molecule has 0 amide bonds. The second-order valence-corrected chi connectivity index (χ2v) is 2.64. The summed E-state index contributed by atoms with van der Waals surface area (Å²) >= 11 is 0. The normalized spacial score (nSPS) is 10.4. The van der Waals surface area contributed by atoms with Gasteiger partial charge >= 0.3 is 0 Å². The Morgan fingerprint density at radius 2 is 2.20 bits per heavy atom. The molecular formula is C8H13NO. The molecule has 1 rings (SSSR count). The third-order valence-corrected chi connectivity index (χ3v) is 1.48. The lowest BCUT2D eigenvalue weighted by Crippen LogP contribution is -1.84. The van der Waals surface area contributed by atoms with Gasteiger partial charge in [0, 0.05) is 19.0 Å². The van der Waals surface area contributed by atoms with Crippen LogP contribution in [0.2, 0.25) is 0 Å². The van der Waals surface area contributed by atoms with E-state index in [0.717, 1.165) is 11.4 Å². The monoisotopic (exact) mass is 139 g/mol. The maximum absolute atomic E-state index is 5.25. The maximum atomic E-state index is 5.25. The highest BCUT2D eigenvalue weighted by atomic mass is 16.3. The Labute approximate surface area is 61.2 Å². The average Bonchev–Trinajstić information content (AvgIpc) is 2.34. The standard InChI is InChI=1S/C8H13NO/c1-6(2)8-4-7(9-3)5-10-8/h4-6,9H,1-3H3. The van der Waals surface area contributed by atoms with Crippen LogP contribution in [0.1, 0.15) is 25.5 Å². The summed E-state index contributed by atoms with van der Waals surface area (Å²) in [7, 11) is 1.88. The van der Waals surface area contributed by atoms with Gasteiger partial charge in [0.1, 0.15) is 12.0 Å². The zero-order valence-corrected chi connectivity index (χ0v) is 6.64. The molecule has 1 aromatic heterocycles. The largest absolute Gasteiger partial charge is 0.467 e. The molecule has 0 fully saturated rings. The molecule has 1 aromatic rings. The molecule has 10 heavy (non-hydrogen) atoms. The van der Waals surface area contributed by atoms with Gasteiger partial charge in [0.05, 0.1) is 5.69 Å². The second-order valence-electron chi connectivity index (χ2n) is 2.64. The molecule has 0 aliphatic carbocycles. The fourth-order valence-electron chi connectivity index (χ4n) is 0.787. The van der Waals surface area contributed by atoms with Gasteiger partial charge in [-0.15, -0.1) is 0 Å². The van der Waals surface area contributed by atoms with Crippen molar-refractivity contribution in [2.24, 2.45) is 0 Å². The van der Waals surface area contributed by atoms with Gasteiger partial charge in [-0.1, -0.05) is 13.8 Å². The van der Waals surface area contributed by atoms with E-state index >= 15 is 0 Å². The van der Waals surface area contributed by atoms with Gasteiger partial charge in [-0.05, 0) is 0 Å². The molecule has 2 nitrogen and oxygen atoms in total. The summed E-state index contributed by atoms with van der Waals surface area (Å²) in [4.78, 5) is 0. The van der Waals surface area contributed by atoms with Crippen LogP contribution in [-0.2, 0) is 0 Å². The molecule has 0 radical (unpaired) electrons. The number of hydrogen-bond donors (Lipinski definition) is 1. The van der Waals surface area contributed by atoms with E-state index in [1.165, 1.54) is 0 Å². The molecular weight excluding hydrogens is 126 g/mol. The van der Waals surface area contributed by atoms with Crippen LogP contribution in [0.15, 0.2) is 16.7 Å². The van der Waals surface area contributed by atoms with E-state index in [9.17, 15) is 0 Å². The average molecular weight is 139 g/mol. The fraction of sp³-hybridized carbons (Fsp3) is 0.500. The van der Waals surface area contributed by atoms with E-state index in [4.69, 9.17) is 4.42 Å². The lowest BCUT2D eigenvalue weighted by atomic mass is 10.2. The highest BCUT2D eigenvalue weighted by Crippen LogP contribution is 2.19. The minimum Gasteiger partial charge on any atom is -0.467 e. The Hall–Kier alpha value is -0.920. The van der Waals surface area contributed by atoms with Gasteiger partial charge in [-0.25, -0.2) is 0 Å². The lowest BCUT2D eigenvalue weighted by Gasteiger charge is -1.95. The molecule has 0 saturated heterocycles. The van der Waals surface area contributed by atoms with Crippen molar-refractivity contribution in [2.75, 3.05) is 12.4 Å². The molecule has 1 heterocycles. The van der Waals surface area contributed by atoms with Crippen molar-refractivity contribution in [2.45, 2.75) is 19.8 Å². The first kappa shape index (κ1) is 7.19. The number of hydrogen-bond acceptors (Lipinski definition) is 2. The Kier molecular flexibility index (Phi) is 2.00. The number of furan rings is 1. The van der Waals surface area contributed by atoms with Crippen LogP contribution in [-0.4, -0.2) is 7.05 Å². The Balaban J connectivity index is 2.78. The first-order valence-electron chi connectivity index (χ1n) is 3.50. The van der Waals surface area contributed by atoms with Crippen molar-refractivity contribution in [1.29, 1.82) is 0 Å². The molecule has 0 aliphatic rings. The molecule has 0 aromatic carbocycles. The van der Waals surface area contributed by atoms with E-state index in [1.54, 1.807) is 6.26 Å². The van der Waals surface area contributed by atoms with Crippen molar-refractivity contribution >= 4 is 5.69 Å². The predicted octanol–water partition coefficient (Wildman–Crippen LogP) is 2.44. The van der Waals surface area contributed by atoms with E-state index in [1.807, 2.05) is 13.1 Å². The highest BCUT2D eigenvalue weighted by molar-refractivity contribution is 5.41. The summed E-state index contributed by atoms with van der Waals surface area (Å²) in [6, 6.07) is 2.02. The summed E-state index contributed by atoms with van der Waals surface area (Å²) in [6.07, 6.45) is 1.73. The van der Waals surface area contributed by atoms with E-state index in [0.29, 0.717) is 5.92 Å². The predicted molar refractivity (Wildman–Crippen MR) is 42.3 cm³/mol. The van der Waals surface area contributed by atoms with Crippen LogP contribution in [0.5, 0.6) is 0 Å². The highest BCUT2D eigenvalue weighted by Gasteiger charge is 2.03. The summed E-state index contributed by atoms with van der Waals surface area (Å²) in [5.74, 6) is 1.51. The first-order valence-corrected chi connectivity index (χ1v) is 3.50. The van der Waals surface area contributed by atoms with Gasteiger partial charge in [0.15, 0.2) is 0 Å². The molecule has 0 aliphatic heterocycles. The van der Waals surface area contributed by atoms with Crippen molar-refractivity contribution in [3.05, 3.63) is 18.1 Å². The van der Waals surface area contributed by atoms with Crippen LogP contribution < -0.4 is 5.32 Å². The van der Waals surface area contributed by atoms with Crippen LogP contribution in [0.4, 0.5) is 5.69 Å². The number of nitrogens with one attached hydrogen (secondary N) is 1. The van der Waals surface area contributed by atoms with E-state index < -0.39 is 0 Å². The topological polar surface area (TPSA) is 25.2 Å². The zero-order chi connectivity index (χ0) is 7.56. The summed E-state index contributed by atoms with van der Waals surface area (Å²) in [6.45, 7) is 4.22. The third-order valence-electron chi connectivity index (χ3n) is 1.48. The minimum absolute atomic E-state index is 0.474. The first-order chi connectivity index (χ1) is 4.74. The van der Waals surface area contributed by atoms with Crippen molar-refractivity contribution < 1.29 is 4.42 Å². The van der Waals surface area contributed by atoms with Crippen molar-refractivity contribution in [3.8, 4) is 0 Å². The van der Waals surface area contributed by atoms with Gasteiger partial charge in [-0.2, -0.15) is 0 Å². The summed E-state index contributed by atoms with van der Waals surface area (Å²) < 4.78 is 5.25. The molecule has 2 heteroatoms. The molecule has 0 atom stereocenters. The lowest BCUT2D eigenvalue weighted by molar-refractivity contribution is 0.487. The molecule has 0 spiro atoms. The van der Waals surface area contributed by atoms with Crippen LogP contribution in [0, 0.1) is 0 Å². The number of anilines is 1. The molecule has 0 bridgehead atoms. The third kappa shape index (κ3) is 1.32. The Bertz CT molecular complexity index is 203. The van der Waals surface area contributed by atoms with Crippen LogP contribution >= 0.6 is 0 Å². The van der Waals surface area contributed by atoms with Crippen molar-refractivity contribution in [3.63, 3.8) is 0 Å². The van der Waals surface area contributed by atoms with Gasteiger partial charge < -0.3 is 9.73 Å². The van der Waals surface area contributed by atoms with Crippen molar-refractivity contribution in [1.82, 2.24) is 0 Å². The van der Waals surface area contributed by atoms with Gasteiger partial charge in [0.2, 0.25) is 0 Å². The SMILES string of the molecule is CNc1coc(C(C)C)c1. The Morgan fingerprint density at radius 3 is 2.50 bits per heavy atom. The molecule has 0 saturated carbocycles. The zero-order valence-electron chi connectivity index (χ0n) is 6.64. The second kappa shape index (κ2) is 2.78. The quantitative estimate of drug-likeness (QED) is 0.680. The van der Waals surface area contributed by atoms with Gasteiger partial charge in [0.25, 0.3) is 0 Å². The van der Waals surface area contributed by atoms with E-state index in [-0.39, 0.29) is 0 Å². The Morgan fingerprint density at radius 1 is 1.50 bits per heavy atom.